The maximum atomic E-state index is 13.4. The molecule has 1 atom stereocenters. The number of nitrogens with two attached hydrogens (primary N) is 1. The van der Waals surface area contributed by atoms with Crippen molar-refractivity contribution in [2.45, 2.75) is 38.1 Å². The van der Waals surface area contributed by atoms with Gasteiger partial charge in [0, 0.05) is 6.04 Å². The van der Waals surface area contributed by atoms with Gasteiger partial charge in [0.05, 0.1) is 4.47 Å². The number of nitrogens with one attached hydrogen (secondary N) is 1. The maximum Gasteiger partial charge on any atom is 0.137 e. The summed E-state index contributed by atoms with van der Waals surface area (Å²) >= 11 is 3.29. The first-order valence-electron chi connectivity index (χ1n) is 6.09. The summed E-state index contributed by atoms with van der Waals surface area (Å²) in [4.78, 5) is 0. The zero-order chi connectivity index (χ0) is 12.3. The standard InChI is InChI=1S/C13H18BrFN2/c14-13-10(5-2-6-12(13)15)8-11(17-16)7-9-3-1-4-9/h2,5-6,9,11,17H,1,3-4,7-8,16H2. The lowest BCUT2D eigenvalue weighted by atomic mass is 9.80. The molecule has 0 amide bonds. The predicted molar refractivity (Wildman–Crippen MR) is 70.9 cm³/mol. The van der Waals surface area contributed by atoms with Crippen molar-refractivity contribution < 1.29 is 4.39 Å². The fraction of sp³-hybridized carbons (Fsp3) is 0.538. The summed E-state index contributed by atoms with van der Waals surface area (Å²) < 4.78 is 13.9. The van der Waals surface area contributed by atoms with Crippen LogP contribution in [-0.4, -0.2) is 6.04 Å². The molecular weight excluding hydrogens is 283 g/mol. The van der Waals surface area contributed by atoms with Crippen molar-refractivity contribution in [3.63, 3.8) is 0 Å². The van der Waals surface area contributed by atoms with E-state index in [9.17, 15) is 4.39 Å². The Bertz CT molecular complexity index is 380. The minimum absolute atomic E-state index is 0.207. The Morgan fingerprint density at radius 1 is 1.47 bits per heavy atom. The molecule has 0 bridgehead atoms. The van der Waals surface area contributed by atoms with E-state index in [4.69, 9.17) is 5.84 Å². The topological polar surface area (TPSA) is 38.0 Å². The Labute approximate surface area is 110 Å². The van der Waals surface area contributed by atoms with Crippen LogP contribution in [0.4, 0.5) is 4.39 Å². The van der Waals surface area contributed by atoms with Crippen LogP contribution in [0.5, 0.6) is 0 Å². The first-order chi connectivity index (χ1) is 8.20. The summed E-state index contributed by atoms with van der Waals surface area (Å²) in [6, 6.07) is 5.38. The number of benzene rings is 1. The fourth-order valence-electron chi connectivity index (χ4n) is 2.31. The molecule has 0 saturated heterocycles. The zero-order valence-corrected chi connectivity index (χ0v) is 11.3. The first kappa shape index (κ1) is 13.0. The second-order valence-electron chi connectivity index (χ2n) is 4.81. The lowest BCUT2D eigenvalue weighted by Crippen LogP contribution is -2.39. The lowest BCUT2D eigenvalue weighted by Gasteiger charge is -2.29. The maximum absolute atomic E-state index is 13.4. The zero-order valence-electron chi connectivity index (χ0n) is 9.76. The van der Waals surface area contributed by atoms with Gasteiger partial charge in [0.15, 0.2) is 0 Å². The Morgan fingerprint density at radius 3 is 2.82 bits per heavy atom. The van der Waals surface area contributed by atoms with Crippen LogP contribution in [0.25, 0.3) is 0 Å². The van der Waals surface area contributed by atoms with Gasteiger partial charge in [-0.3, -0.25) is 11.3 Å². The molecule has 2 nitrogen and oxygen atoms in total. The van der Waals surface area contributed by atoms with Gasteiger partial charge in [-0.15, -0.1) is 0 Å². The molecule has 1 fully saturated rings. The van der Waals surface area contributed by atoms with Gasteiger partial charge < -0.3 is 0 Å². The van der Waals surface area contributed by atoms with E-state index in [1.54, 1.807) is 6.07 Å². The molecule has 2 rings (SSSR count). The highest BCUT2D eigenvalue weighted by Crippen LogP contribution is 2.31. The van der Waals surface area contributed by atoms with Gasteiger partial charge in [-0.05, 0) is 46.3 Å². The van der Waals surface area contributed by atoms with Crippen molar-refractivity contribution in [1.29, 1.82) is 0 Å². The van der Waals surface area contributed by atoms with Crippen LogP contribution in [0.1, 0.15) is 31.2 Å². The van der Waals surface area contributed by atoms with E-state index < -0.39 is 0 Å². The van der Waals surface area contributed by atoms with Gasteiger partial charge in [-0.2, -0.15) is 0 Å². The molecule has 0 spiro atoms. The molecule has 1 aromatic rings. The van der Waals surface area contributed by atoms with E-state index in [0.717, 1.165) is 24.3 Å². The molecule has 4 heteroatoms. The van der Waals surface area contributed by atoms with Crippen LogP contribution < -0.4 is 11.3 Å². The molecule has 0 aromatic heterocycles. The van der Waals surface area contributed by atoms with Crippen molar-refractivity contribution in [3.05, 3.63) is 34.1 Å². The quantitative estimate of drug-likeness (QED) is 0.647. The van der Waals surface area contributed by atoms with E-state index in [1.165, 1.54) is 25.3 Å². The summed E-state index contributed by atoms with van der Waals surface area (Å²) in [5, 5.41) is 0. The fourth-order valence-corrected chi connectivity index (χ4v) is 2.74. The highest BCUT2D eigenvalue weighted by molar-refractivity contribution is 9.10. The Hall–Kier alpha value is -0.450. The first-order valence-corrected chi connectivity index (χ1v) is 6.89. The summed E-state index contributed by atoms with van der Waals surface area (Å²) in [7, 11) is 0. The summed E-state index contributed by atoms with van der Waals surface area (Å²) in [6.07, 6.45) is 5.81. The number of hydrazine groups is 1. The molecule has 17 heavy (non-hydrogen) atoms. The van der Waals surface area contributed by atoms with Gasteiger partial charge in [-0.25, -0.2) is 4.39 Å². The van der Waals surface area contributed by atoms with Crippen molar-refractivity contribution in [3.8, 4) is 0 Å². The van der Waals surface area contributed by atoms with Gasteiger partial charge in [0.2, 0.25) is 0 Å². The summed E-state index contributed by atoms with van der Waals surface area (Å²) in [5.41, 5.74) is 3.83. The molecule has 94 valence electrons. The van der Waals surface area contributed by atoms with Crippen LogP contribution in [0.3, 0.4) is 0 Å². The van der Waals surface area contributed by atoms with Crippen LogP contribution in [0.15, 0.2) is 22.7 Å². The highest BCUT2D eigenvalue weighted by atomic mass is 79.9. The predicted octanol–water partition coefficient (Wildman–Crippen LogP) is 3.15. The second-order valence-corrected chi connectivity index (χ2v) is 5.61. The molecule has 0 aliphatic heterocycles. The molecule has 1 aromatic carbocycles. The number of halogens is 2. The molecule has 1 aliphatic carbocycles. The number of hydrogen-bond acceptors (Lipinski definition) is 2. The monoisotopic (exact) mass is 300 g/mol. The normalized spacial score (nSPS) is 17.8. The third-order valence-electron chi connectivity index (χ3n) is 3.58. The van der Waals surface area contributed by atoms with Crippen molar-refractivity contribution in [2.24, 2.45) is 11.8 Å². The summed E-state index contributed by atoms with van der Waals surface area (Å²) in [5.74, 6) is 6.17. The Morgan fingerprint density at radius 2 is 2.24 bits per heavy atom. The molecule has 1 saturated carbocycles. The second kappa shape index (κ2) is 5.94. The van der Waals surface area contributed by atoms with Crippen LogP contribution in [0.2, 0.25) is 0 Å². The van der Waals surface area contributed by atoms with Crippen molar-refractivity contribution in [2.75, 3.05) is 0 Å². The minimum Gasteiger partial charge on any atom is -0.271 e. The molecular formula is C13H18BrFN2. The SMILES string of the molecule is NNC(Cc1cccc(F)c1Br)CC1CCC1. The summed E-state index contributed by atoms with van der Waals surface area (Å²) in [6.45, 7) is 0. The van der Waals surface area contributed by atoms with Gasteiger partial charge in [-0.1, -0.05) is 31.4 Å². The van der Waals surface area contributed by atoms with E-state index in [2.05, 4.69) is 21.4 Å². The van der Waals surface area contributed by atoms with E-state index >= 15 is 0 Å². The van der Waals surface area contributed by atoms with Gasteiger partial charge in [0.1, 0.15) is 5.82 Å². The van der Waals surface area contributed by atoms with Crippen molar-refractivity contribution >= 4 is 15.9 Å². The number of hydrogen-bond donors (Lipinski definition) is 2. The molecule has 1 unspecified atom stereocenters. The third-order valence-corrected chi connectivity index (χ3v) is 4.46. The molecule has 1 aliphatic rings. The van der Waals surface area contributed by atoms with Crippen LogP contribution in [0, 0.1) is 11.7 Å². The van der Waals surface area contributed by atoms with Crippen molar-refractivity contribution in [1.82, 2.24) is 5.43 Å². The molecule has 0 radical (unpaired) electrons. The number of rotatable bonds is 5. The van der Waals surface area contributed by atoms with Crippen LogP contribution in [-0.2, 0) is 6.42 Å². The molecule has 0 heterocycles. The Kier molecular flexibility index (Phi) is 4.54. The van der Waals surface area contributed by atoms with E-state index in [0.29, 0.717) is 4.47 Å². The lowest BCUT2D eigenvalue weighted by molar-refractivity contribution is 0.259. The van der Waals surface area contributed by atoms with E-state index in [-0.39, 0.29) is 11.9 Å². The highest BCUT2D eigenvalue weighted by Gasteiger charge is 2.22. The van der Waals surface area contributed by atoms with Gasteiger partial charge >= 0.3 is 0 Å². The van der Waals surface area contributed by atoms with E-state index in [1.807, 2.05) is 6.07 Å². The average molecular weight is 301 g/mol. The average Bonchev–Trinajstić information content (AvgIpc) is 2.27. The van der Waals surface area contributed by atoms with Crippen LogP contribution >= 0.6 is 15.9 Å². The largest absolute Gasteiger partial charge is 0.271 e. The van der Waals surface area contributed by atoms with Gasteiger partial charge in [0.25, 0.3) is 0 Å². The Balaban J connectivity index is 1.99. The minimum atomic E-state index is -0.207. The smallest absolute Gasteiger partial charge is 0.137 e. The third kappa shape index (κ3) is 3.27. The molecule has 3 N–H and O–H groups in total.